The Morgan fingerprint density at radius 3 is 2.60 bits per heavy atom. The molecule has 0 radical (unpaired) electrons. The minimum atomic E-state index is 0.686. The number of nitrogens with zero attached hydrogens (tertiary/aromatic N) is 2. The highest BCUT2D eigenvalue weighted by Crippen LogP contribution is 2.23. The van der Waals surface area contributed by atoms with Crippen LogP contribution in [0.2, 0.25) is 0 Å². The van der Waals surface area contributed by atoms with Crippen molar-refractivity contribution in [3.05, 3.63) is 71.1 Å². The molecular formula is C21H24N2O2. The van der Waals surface area contributed by atoms with E-state index in [2.05, 4.69) is 43.1 Å². The van der Waals surface area contributed by atoms with E-state index in [1.54, 1.807) is 7.11 Å². The zero-order valence-electron chi connectivity index (χ0n) is 15.2. The van der Waals surface area contributed by atoms with Gasteiger partial charge < -0.3 is 9.15 Å². The lowest BCUT2D eigenvalue weighted by Crippen LogP contribution is -2.18. The smallest absolute Gasteiger partial charge is 0.226 e. The molecule has 0 atom stereocenters. The number of oxazole rings is 1. The van der Waals surface area contributed by atoms with E-state index in [1.807, 2.05) is 31.2 Å². The molecule has 1 heterocycles. The molecule has 0 spiro atoms. The minimum Gasteiger partial charge on any atom is -0.497 e. The molecule has 0 N–H and O–H groups in total. The van der Waals surface area contributed by atoms with Crippen LogP contribution < -0.4 is 4.74 Å². The number of hydrogen-bond acceptors (Lipinski definition) is 4. The van der Waals surface area contributed by atoms with Gasteiger partial charge in [0.2, 0.25) is 5.89 Å². The Morgan fingerprint density at radius 2 is 1.84 bits per heavy atom. The van der Waals surface area contributed by atoms with Crippen molar-refractivity contribution in [2.24, 2.45) is 0 Å². The molecule has 0 fully saturated rings. The number of benzene rings is 2. The van der Waals surface area contributed by atoms with Crippen molar-refractivity contribution >= 4 is 0 Å². The first-order valence-corrected chi connectivity index (χ1v) is 8.40. The number of hydrogen-bond donors (Lipinski definition) is 0. The monoisotopic (exact) mass is 336 g/mol. The van der Waals surface area contributed by atoms with Crippen LogP contribution in [-0.4, -0.2) is 24.0 Å². The van der Waals surface area contributed by atoms with Gasteiger partial charge in [-0.1, -0.05) is 29.8 Å². The normalized spacial score (nSPS) is 11.1. The van der Waals surface area contributed by atoms with Crippen LogP contribution >= 0.6 is 0 Å². The maximum absolute atomic E-state index is 5.89. The van der Waals surface area contributed by atoms with Gasteiger partial charge in [0.15, 0.2) is 0 Å². The summed E-state index contributed by atoms with van der Waals surface area (Å²) in [6.45, 7) is 5.60. The number of ether oxygens (including phenoxy) is 1. The molecule has 0 bridgehead atoms. The Kier molecular flexibility index (Phi) is 5.19. The Morgan fingerprint density at radius 1 is 1.04 bits per heavy atom. The second-order valence-electron chi connectivity index (χ2n) is 6.42. The average Bonchev–Trinajstić information content (AvgIpc) is 2.95. The summed E-state index contributed by atoms with van der Waals surface area (Å²) in [6.07, 6.45) is 0. The first-order chi connectivity index (χ1) is 12.0. The zero-order valence-corrected chi connectivity index (χ0v) is 15.2. The number of rotatable bonds is 6. The Hall–Kier alpha value is -2.59. The van der Waals surface area contributed by atoms with E-state index in [-0.39, 0.29) is 0 Å². The first kappa shape index (κ1) is 17.2. The fourth-order valence-corrected chi connectivity index (χ4v) is 2.87. The molecule has 0 aliphatic carbocycles. The Labute approximate surface area is 149 Å². The third-order valence-corrected chi connectivity index (χ3v) is 4.16. The fraction of sp³-hybridized carbons (Fsp3) is 0.286. The Bertz CT molecular complexity index is 855. The van der Waals surface area contributed by atoms with Crippen LogP contribution in [0.1, 0.15) is 22.6 Å². The maximum Gasteiger partial charge on any atom is 0.226 e. The predicted molar refractivity (Wildman–Crippen MR) is 99.6 cm³/mol. The second-order valence-corrected chi connectivity index (χ2v) is 6.42. The van der Waals surface area contributed by atoms with Crippen molar-refractivity contribution in [1.82, 2.24) is 9.88 Å². The highest BCUT2D eigenvalue weighted by molar-refractivity contribution is 5.54. The molecule has 0 saturated carbocycles. The van der Waals surface area contributed by atoms with Gasteiger partial charge in [0, 0.05) is 18.7 Å². The number of methoxy groups -OCH3 is 1. The Balaban J connectivity index is 1.72. The number of aryl methyl sites for hydroxylation is 2. The van der Waals surface area contributed by atoms with Gasteiger partial charge in [0.25, 0.3) is 0 Å². The lowest BCUT2D eigenvalue weighted by Gasteiger charge is -2.16. The molecule has 130 valence electrons. The highest BCUT2D eigenvalue weighted by atomic mass is 16.5. The second kappa shape index (κ2) is 7.53. The molecule has 4 nitrogen and oxygen atoms in total. The van der Waals surface area contributed by atoms with Crippen molar-refractivity contribution in [3.8, 4) is 17.2 Å². The maximum atomic E-state index is 5.89. The molecule has 4 heteroatoms. The standard InChI is InChI=1S/C21H24N2O2/c1-15-7-5-9-18(11-15)21-22-20(16(2)25-21)14-23(3)13-17-8-6-10-19(12-17)24-4/h5-12H,13-14H2,1-4H3. The summed E-state index contributed by atoms with van der Waals surface area (Å²) < 4.78 is 11.2. The van der Waals surface area contributed by atoms with Gasteiger partial charge in [-0.05, 0) is 50.7 Å². The van der Waals surface area contributed by atoms with Crippen molar-refractivity contribution < 1.29 is 9.15 Å². The van der Waals surface area contributed by atoms with Crippen molar-refractivity contribution in [3.63, 3.8) is 0 Å². The summed E-state index contributed by atoms with van der Waals surface area (Å²) in [5.74, 6) is 2.44. The van der Waals surface area contributed by atoms with E-state index in [1.165, 1.54) is 11.1 Å². The molecular weight excluding hydrogens is 312 g/mol. The molecule has 1 aromatic heterocycles. The van der Waals surface area contributed by atoms with Crippen LogP contribution in [0.3, 0.4) is 0 Å². The quantitative estimate of drug-likeness (QED) is 0.659. The van der Waals surface area contributed by atoms with Crippen LogP contribution in [-0.2, 0) is 13.1 Å². The first-order valence-electron chi connectivity index (χ1n) is 8.40. The molecule has 0 aliphatic heterocycles. The van der Waals surface area contributed by atoms with Gasteiger partial charge in [0.1, 0.15) is 11.5 Å². The van der Waals surface area contributed by atoms with E-state index < -0.39 is 0 Å². The van der Waals surface area contributed by atoms with E-state index in [4.69, 9.17) is 14.1 Å². The lowest BCUT2D eigenvalue weighted by molar-refractivity contribution is 0.312. The summed E-state index contributed by atoms with van der Waals surface area (Å²) in [5.41, 5.74) is 4.40. The fourth-order valence-electron chi connectivity index (χ4n) is 2.87. The van der Waals surface area contributed by atoms with Crippen LogP contribution in [0.4, 0.5) is 0 Å². The van der Waals surface area contributed by atoms with Crippen LogP contribution in [0.25, 0.3) is 11.5 Å². The molecule has 25 heavy (non-hydrogen) atoms. The van der Waals surface area contributed by atoms with Gasteiger partial charge >= 0.3 is 0 Å². The van der Waals surface area contributed by atoms with Gasteiger partial charge in [-0.3, -0.25) is 4.90 Å². The van der Waals surface area contributed by atoms with Crippen LogP contribution in [0.15, 0.2) is 52.9 Å². The summed E-state index contributed by atoms with van der Waals surface area (Å²) >= 11 is 0. The summed E-state index contributed by atoms with van der Waals surface area (Å²) in [7, 11) is 3.77. The van der Waals surface area contributed by atoms with Crippen molar-refractivity contribution in [1.29, 1.82) is 0 Å². The van der Waals surface area contributed by atoms with Gasteiger partial charge in [0.05, 0.1) is 12.8 Å². The van der Waals surface area contributed by atoms with Gasteiger partial charge in [-0.25, -0.2) is 4.98 Å². The van der Waals surface area contributed by atoms with E-state index >= 15 is 0 Å². The molecule has 0 unspecified atom stereocenters. The molecule has 3 rings (SSSR count). The SMILES string of the molecule is COc1cccc(CN(C)Cc2nc(-c3cccc(C)c3)oc2C)c1. The summed E-state index contributed by atoms with van der Waals surface area (Å²) in [5, 5.41) is 0. The highest BCUT2D eigenvalue weighted by Gasteiger charge is 2.13. The van der Waals surface area contributed by atoms with E-state index in [0.29, 0.717) is 5.89 Å². The third-order valence-electron chi connectivity index (χ3n) is 4.16. The molecule has 0 amide bonds. The minimum absolute atomic E-state index is 0.686. The largest absolute Gasteiger partial charge is 0.497 e. The topological polar surface area (TPSA) is 38.5 Å². The average molecular weight is 336 g/mol. The van der Waals surface area contributed by atoms with Crippen molar-refractivity contribution in [2.45, 2.75) is 26.9 Å². The lowest BCUT2D eigenvalue weighted by atomic mass is 10.1. The predicted octanol–water partition coefficient (Wildman–Crippen LogP) is 4.60. The van der Waals surface area contributed by atoms with Crippen molar-refractivity contribution in [2.75, 3.05) is 14.2 Å². The molecule has 3 aromatic rings. The zero-order chi connectivity index (χ0) is 17.8. The molecule has 0 aliphatic rings. The summed E-state index contributed by atoms with van der Waals surface area (Å²) in [6, 6.07) is 16.4. The third kappa shape index (κ3) is 4.28. The molecule has 0 saturated heterocycles. The summed E-state index contributed by atoms with van der Waals surface area (Å²) in [4.78, 5) is 6.93. The van der Waals surface area contributed by atoms with E-state index in [0.717, 1.165) is 35.9 Å². The molecule has 2 aromatic carbocycles. The van der Waals surface area contributed by atoms with E-state index in [9.17, 15) is 0 Å². The van der Waals surface area contributed by atoms with Gasteiger partial charge in [-0.2, -0.15) is 0 Å². The van der Waals surface area contributed by atoms with Gasteiger partial charge in [-0.15, -0.1) is 0 Å². The van der Waals surface area contributed by atoms with Crippen LogP contribution in [0, 0.1) is 13.8 Å². The van der Waals surface area contributed by atoms with Crippen LogP contribution in [0.5, 0.6) is 5.75 Å². The number of aromatic nitrogens is 1.